The minimum absolute atomic E-state index is 0.00856. The van der Waals surface area contributed by atoms with E-state index in [-0.39, 0.29) is 12.2 Å². The molecule has 242 valence electrons. The first-order valence-electron chi connectivity index (χ1n) is 16.2. The highest BCUT2D eigenvalue weighted by Crippen LogP contribution is 2.34. The number of carbonyl (C=O) groups excluding carboxylic acids is 1. The van der Waals surface area contributed by atoms with E-state index in [1.165, 1.54) is 11.1 Å². The van der Waals surface area contributed by atoms with Gasteiger partial charge >= 0.3 is 6.09 Å². The summed E-state index contributed by atoms with van der Waals surface area (Å²) in [5.41, 5.74) is 6.21. The average Bonchev–Trinajstić information content (AvgIpc) is 3.06. The zero-order valence-corrected chi connectivity index (χ0v) is 27.3. The minimum Gasteiger partial charge on any atom is -0.465 e. The number of hydrogen-bond acceptors (Lipinski definition) is 6. The van der Waals surface area contributed by atoms with Gasteiger partial charge in [0.1, 0.15) is 17.5 Å². The molecule has 1 heterocycles. The fourth-order valence-corrected chi connectivity index (χ4v) is 5.48. The number of ether oxygens (including phenoxy) is 3. The number of benzene rings is 4. The third kappa shape index (κ3) is 9.35. The molecular weight excluding hydrogens is 576 g/mol. The Hall–Kier alpha value is -4.33. The van der Waals surface area contributed by atoms with Crippen LogP contribution in [-0.4, -0.2) is 36.2 Å². The highest BCUT2D eigenvalue weighted by molar-refractivity contribution is 5.67. The van der Waals surface area contributed by atoms with Crippen LogP contribution in [0.4, 0.5) is 10.5 Å². The molecule has 1 fully saturated rings. The van der Waals surface area contributed by atoms with Crippen LogP contribution in [0.5, 0.6) is 5.75 Å². The Balaban J connectivity index is 1.33. The molecule has 4 aromatic carbocycles. The summed E-state index contributed by atoms with van der Waals surface area (Å²) < 4.78 is 17.4. The molecular formula is C39H46N2O5. The lowest BCUT2D eigenvalue weighted by Gasteiger charge is -2.25. The van der Waals surface area contributed by atoms with Gasteiger partial charge in [0.15, 0.2) is 6.29 Å². The summed E-state index contributed by atoms with van der Waals surface area (Å²) in [6.07, 6.45) is 1.30. The molecule has 3 atom stereocenters. The van der Waals surface area contributed by atoms with Gasteiger partial charge in [-0.2, -0.15) is 0 Å². The zero-order chi connectivity index (χ0) is 32.5. The smallest absolute Gasteiger partial charge is 0.407 e. The molecule has 1 aliphatic heterocycles. The Labute approximate surface area is 272 Å². The molecule has 1 aliphatic rings. The Kier molecular flexibility index (Phi) is 11.0. The van der Waals surface area contributed by atoms with Crippen molar-refractivity contribution in [3.05, 3.63) is 119 Å². The molecule has 3 unspecified atom stereocenters. The fraction of sp³-hybridized carbons (Fsp3) is 0.359. The van der Waals surface area contributed by atoms with E-state index < -0.39 is 17.8 Å². The second kappa shape index (κ2) is 15.3. The first-order valence-corrected chi connectivity index (χ1v) is 16.2. The summed E-state index contributed by atoms with van der Waals surface area (Å²) in [4.78, 5) is 12.2. The van der Waals surface area contributed by atoms with Gasteiger partial charge in [0.2, 0.25) is 0 Å². The lowest BCUT2D eigenvalue weighted by atomic mass is 9.94. The van der Waals surface area contributed by atoms with Crippen LogP contribution in [-0.2, 0) is 16.0 Å². The van der Waals surface area contributed by atoms with E-state index in [1.807, 2.05) is 88.4 Å². The van der Waals surface area contributed by atoms with Crippen LogP contribution in [0.15, 0.2) is 97.1 Å². The number of anilines is 1. The Morgan fingerprint density at radius 3 is 2.37 bits per heavy atom. The van der Waals surface area contributed by atoms with Crippen molar-refractivity contribution >= 4 is 11.8 Å². The van der Waals surface area contributed by atoms with E-state index >= 15 is 0 Å². The first-order chi connectivity index (χ1) is 22.1. The molecule has 1 amide bonds. The van der Waals surface area contributed by atoms with Crippen LogP contribution in [0.25, 0.3) is 11.1 Å². The van der Waals surface area contributed by atoms with Crippen molar-refractivity contribution < 1.29 is 24.1 Å². The van der Waals surface area contributed by atoms with Gasteiger partial charge in [-0.3, -0.25) is 0 Å². The summed E-state index contributed by atoms with van der Waals surface area (Å²) in [5, 5.41) is 18.2. The monoisotopic (exact) mass is 622 g/mol. The quantitative estimate of drug-likeness (QED) is 0.155. The van der Waals surface area contributed by atoms with Crippen molar-refractivity contribution in [3.63, 3.8) is 0 Å². The van der Waals surface area contributed by atoms with Crippen LogP contribution in [0.1, 0.15) is 81.2 Å². The van der Waals surface area contributed by atoms with E-state index in [4.69, 9.17) is 14.2 Å². The molecule has 7 nitrogen and oxygen atoms in total. The van der Waals surface area contributed by atoms with E-state index in [2.05, 4.69) is 47.0 Å². The van der Waals surface area contributed by atoms with E-state index in [9.17, 15) is 9.90 Å². The number of aliphatic hydroxyl groups excluding tert-OH is 1. The van der Waals surface area contributed by atoms with Gasteiger partial charge in [0.05, 0.1) is 6.61 Å². The molecule has 4 aromatic rings. The Morgan fingerprint density at radius 1 is 0.913 bits per heavy atom. The van der Waals surface area contributed by atoms with Crippen LogP contribution < -0.4 is 15.4 Å². The predicted octanol–water partition coefficient (Wildman–Crippen LogP) is 8.58. The SMILES string of the molecule is CC(CNC(=O)OC(C)(C)C)c1cccc(C(O)c2cc(OC3CCCCO3)ccc2NCc2ccc(-c3ccccc3)cc2)c1. The molecule has 0 saturated carbocycles. The molecule has 0 bridgehead atoms. The second-order valence-corrected chi connectivity index (χ2v) is 12.9. The third-order valence-electron chi connectivity index (χ3n) is 8.01. The summed E-state index contributed by atoms with van der Waals surface area (Å²) in [7, 11) is 0. The molecule has 0 aromatic heterocycles. The van der Waals surface area contributed by atoms with E-state index in [1.54, 1.807) is 0 Å². The van der Waals surface area contributed by atoms with Gasteiger partial charge in [0.25, 0.3) is 0 Å². The lowest BCUT2D eigenvalue weighted by molar-refractivity contribution is -0.105. The van der Waals surface area contributed by atoms with Crippen LogP contribution in [0.3, 0.4) is 0 Å². The third-order valence-corrected chi connectivity index (χ3v) is 8.01. The number of hydrogen-bond donors (Lipinski definition) is 3. The van der Waals surface area contributed by atoms with Crippen LogP contribution in [0.2, 0.25) is 0 Å². The summed E-state index contributed by atoms with van der Waals surface area (Å²) in [6.45, 7) is 9.26. The second-order valence-electron chi connectivity index (χ2n) is 12.9. The number of carbonyl (C=O) groups is 1. The number of aliphatic hydroxyl groups is 1. The minimum atomic E-state index is -0.912. The number of nitrogens with one attached hydrogen (secondary N) is 2. The standard InChI is InChI=1S/C39H46N2O5/c1-27(25-41-38(43)46-39(2,3)4)31-13-10-14-32(23-31)37(42)34-24-33(45-36-15-8-9-22-44-36)20-21-35(34)40-26-28-16-18-30(19-17-28)29-11-6-5-7-12-29/h5-7,10-14,16-21,23-24,27,36-37,40,42H,8-9,15,22,25-26H2,1-4H3,(H,41,43). The Morgan fingerprint density at radius 2 is 1.65 bits per heavy atom. The van der Waals surface area contributed by atoms with Crippen molar-refractivity contribution in [2.75, 3.05) is 18.5 Å². The predicted molar refractivity (Wildman–Crippen MR) is 183 cm³/mol. The van der Waals surface area contributed by atoms with Gasteiger partial charge < -0.3 is 30.0 Å². The van der Waals surface area contributed by atoms with Gasteiger partial charge in [-0.1, -0.05) is 85.8 Å². The normalized spacial score (nSPS) is 16.2. The van der Waals surface area contributed by atoms with E-state index in [0.29, 0.717) is 31.0 Å². The van der Waals surface area contributed by atoms with Gasteiger partial charge in [0, 0.05) is 30.8 Å². The topological polar surface area (TPSA) is 89.1 Å². The summed E-state index contributed by atoms with van der Waals surface area (Å²) in [5.74, 6) is 0.666. The average molecular weight is 623 g/mol. The van der Waals surface area contributed by atoms with Crippen molar-refractivity contribution in [3.8, 4) is 16.9 Å². The van der Waals surface area contributed by atoms with Crippen LogP contribution >= 0.6 is 0 Å². The molecule has 5 rings (SSSR count). The largest absolute Gasteiger partial charge is 0.465 e. The maximum absolute atomic E-state index is 12.2. The summed E-state index contributed by atoms with van der Waals surface area (Å²) >= 11 is 0. The maximum Gasteiger partial charge on any atom is 0.407 e. The fourth-order valence-electron chi connectivity index (χ4n) is 5.48. The number of amides is 1. The highest BCUT2D eigenvalue weighted by Gasteiger charge is 2.21. The molecule has 0 spiro atoms. The summed E-state index contributed by atoms with van der Waals surface area (Å²) in [6, 6.07) is 32.5. The van der Waals surface area contributed by atoms with Gasteiger partial charge in [-0.25, -0.2) is 4.79 Å². The number of rotatable bonds is 11. The molecule has 0 aliphatic carbocycles. The molecule has 7 heteroatoms. The van der Waals surface area contributed by atoms with Gasteiger partial charge in [-0.15, -0.1) is 0 Å². The first kappa shape index (κ1) is 33.0. The Bertz CT molecular complexity index is 1560. The molecule has 0 radical (unpaired) electrons. The zero-order valence-electron chi connectivity index (χ0n) is 27.3. The van der Waals surface area contributed by atoms with E-state index in [0.717, 1.165) is 41.6 Å². The highest BCUT2D eigenvalue weighted by atomic mass is 16.7. The molecule has 3 N–H and O–H groups in total. The van der Waals surface area contributed by atoms with Crippen molar-refractivity contribution in [1.29, 1.82) is 0 Å². The van der Waals surface area contributed by atoms with Crippen molar-refractivity contribution in [2.24, 2.45) is 0 Å². The maximum atomic E-state index is 12.2. The van der Waals surface area contributed by atoms with Crippen molar-refractivity contribution in [2.45, 2.75) is 77.4 Å². The lowest BCUT2D eigenvalue weighted by Crippen LogP contribution is -2.34. The van der Waals surface area contributed by atoms with Crippen LogP contribution in [0, 0.1) is 0 Å². The number of alkyl carbamates (subject to hydrolysis) is 1. The molecule has 1 saturated heterocycles. The van der Waals surface area contributed by atoms with Crippen molar-refractivity contribution in [1.82, 2.24) is 5.32 Å². The molecule has 46 heavy (non-hydrogen) atoms. The van der Waals surface area contributed by atoms with Gasteiger partial charge in [-0.05, 0) is 85.5 Å².